The number of morpholine rings is 1. The molecule has 2 aromatic rings. The topological polar surface area (TPSA) is 66.0 Å². The molecule has 166 valence electrons. The number of halogens is 2. The Kier molecular flexibility index (Phi) is 8.35. The maximum Gasteiger partial charge on any atom is 0.232 e. The van der Waals surface area contributed by atoms with E-state index in [2.05, 4.69) is 15.6 Å². The summed E-state index contributed by atoms with van der Waals surface area (Å²) in [6.07, 6.45) is 0. The van der Waals surface area contributed by atoms with Crippen molar-refractivity contribution in [3.63, 3.8) is 0 Å². The van der Waals surface area contributed by atoms with Gasteiger partial charge in [0.25, 0.3) is 0 Å². The number of benzene rings is 2. The Labute approximate surface area is 181 Å². The number of nitrogens with one attached hydrogen (secondary N) is 2. The number of hydrogen-bond acceptors (Lipinski definition) is 3. The Hall–Kier alpha value is -3.00. The summed E-state index contributed by atoms with van der Waals surface area (Å²) >= 11 is 0. The highest BCUT2D eigenvalue weighted by molar-refractivity contribution is 5.86. The lowest BCUT2D eigenvalue weighted by atomic mass is 9.97. The molecular formula is C23H28F2N4O2. The fraction of sp³-hybridized carbons (Fsp3) is 0.391. The van der Waals surface area contributed by atoms with E-state index in [9.17, 15) is 13.6 Å². The predicted octanol–water partition coefficient (Wildman–Crippen LogP) is 2.66. The van der Waals surface area contributed by atoms with Crippen LogP contribution in [0, 0.1) is 11.6 Å². The summed E-state index contributed by atoms with van der Waals surface area (Å²) in [5.74, 6) is -0.972. The van der Waals surface area contributed by atoms with Crippen LogP contribution in [-0.4, -0.2) is 56.2 Å². The van der Waals surface area contributed by atoms with Crippen molar-refractivity contribution in [2.75, 3.05) is 39.4 Å². The normalized spacial score (nSPS) is 15.5. The molecular weight excluding hydrogens is 402 g/mol. The zero-order valence-electron chi connectivity index (χ0n) is 17.6. The molecule has 1 amide bonds. The lowest BCUT2D eigenvalue weighted by Gasteiger charge is -2.31. The first-order chi connectivity index (χ1) is 15.1. The molecule has 1 heterocycles. The number of nitrogens with zero attached hydrogens (tertiary/aromatic N) is 2. The van der Waals surface area contributed by atoms with Gasteiger partial charge in [0.2, 0.25) is 5.91 Å². The molecule has 3 rings (SSSR count). The highest BCUT2D eigenvalue weighted by Crippen LogP contribution is 2.19. The molecule has 0 aliphatic carbocycles. The number of aliphatic imine (C=N–C) groups is 1. The summed E-state index contributed by atoms with van der Waals surface area (Å²) in [6, 6.07) is 12.9. The number of carbonyl (C=O) groups is 1. The molecule has 8 heteroatoms. The summed E-state index contributed by atoms with van der Waals surface area (Å²) in [5.41, 5.74) is 1.07. The van der Waals surface area contributed by atoms with Crippen molar-refractivity contribution in [2.24, 2.45) is 4.99 Å². The quantitative estimate of drug-likeness (QED) is 0.524. The number of hydrogen-bond donors (Lipinski definition) is 2. The molecule has 0 saturated carbocycles. The van der Waals surface area contributed by atoms with Crippen molar-refractivity contribution in [3.05, 3.63) is 71.3 Å². The van der Waals surface area contributed by atoms with Gasteiger partial charge in [0.05, 0.1) is 25.7 Å². The summed E-state index contributed by atoms with van der Waals surface area (Å²) in [7, 11) is 0. The highest BCUT2D eigenvalue weighted by Gasteiger charge is 2.27. The van der Waals surface area contributed by atoms with Crippen LogP contribution in [0.1, 0.15) is 24.0 Å². The van der Waals surface area contributed by atoms with Gasteiger partial charge in [-0.2, -0.15) is 0 Å². The Balaban J connectivity index is 1.73. The molecule has 0 bridgehead atoms. The van der Waals surface area contributed by atoms with Gasteiger partial charge in [-0.05, 0) is 30.7 Å². The van der Waals surface area contributed by atoms with Crippen LogP contribution in [0.2, 0.25) is 0 Å². The van der Waals surface area contributed by atoms with Crippen molar-refractivity contribution in [1.82, 2.24) is 15.5 Å². The van der Waals surface area contributed by atoms with Crippen LogP contribution in [0.15, 0.2) is 53.5 Å². The molecule has 2 N–H and O–H groups in total. The lowest BCUT2D eigenvalue weighted by molar-refractivity contribution is -0.136. The zero-order valence-corrected chi connectivity index (χ0v) is 17.6. The van der Waals surface area contributed by atoms with Crippen LogP contribution in [-0.2, 0) is 16.1 Å². The maximum atomic E-state index is 13.9. The Morgan fingerprint density at radius 3 is 2.58 bits per heavy atom. The number of ether oxygens (including phenoxy) is 1. The number of guanidine groups is 1. The third-order valence-corrected chi connectivity index (χ3v) is 5.06. The van der Waals surface area contributed by atoms with E-state index in [4.69, 9.17) is 4.74 Å². The lowest BCUT2D eigenvalue weighted by Crippen LogP contribution is -2.47. The average Bonchev–Trinajstić information content (AvgIpc) is 2.80. The van der Waals surface area contributed by atoms with E-state index in [1.807, 2.05) is 42.2 Å². The fourth-order valence-electron chi connectivity index (χ4n) is 3.41. The van der Waals surface area contributed by atoms with Crippen LogP contribution in [0.5, 0.6) is 0 Å². The van der Waals surface area contributed by atoms with Crippen molar-refractivity contribution in [3.8, 4) is 0 Å². The van der Waals surface area contributed by atoms with Gasteiger partial charge in [-0.15, -0.1) is 0 Å². The first-order valence-corrected chi connectivity index (χ1v) is 10.5. The van der Waals surface area contributed by atoms with Crippen molar-refractivity contribution < 1.29 is 18.3 Å². The minimum Gasteiger partial charge on any atom is -0.378 e. The smallest absolute Gasteiger partial charge is 0.232 e. The van der Waals surface area contributed by atoms with Gasteiger partial charge in [-0.25, -0.2) is 13.8 Å². The standard InChI is InChI=1S/C23H28F2N4O2/c1-2-26-23(27-15-18-14-19(24)8-9-21(18)25)28-16-20(17-6-4-3-5-7-17)22(30)29-10-12-31-13-11-29/h3-9,14,20H,2,10-13,15-16H2,1H3,(H2,26,27,28). The first kappa shape index (κ1) is 22.7. The van der Waals surface area contributed by atoms with Gasteiger partial charge in [-0.3, -0.25) is 4.79 Å². The molecule has 1 aliphatic heterocycles. The van der Waals surface area contributed by atoms with E-state index in [0.717, 1.165) is 23.8 Å². The second-order valence-electron chi connectivity index (χ2n) is 7.21. The average molecular weight is 430 g/mol. The molecule has 6 nitrogen and oxygen atoms in total. The second kappa shape index (κ2) is 11.4. The number of carbonyl (C=O) groups excluding carboxylic acids is 1. The Morgan fingerprint density at radius 2 is 1.87 bits per heavy atom. The molecule has 1 fully saturated rings. The highest BCUT2D eigenvalue weighted by atomic mass is 19.1. The minimum absolute atomic E-state index is 0.0215. The van der Waals surface area contributed by atoms with E-state index in [-0.39, 0.29) is 18.0 Å². The molecule has 0 aromatic heterocycles. The summed E-state index contributed by atoms with van der Waals surface area (Å²) < 4.78 is 32.7. The van der Waals surface area contributed by atoms with Crippen LogP contribution in [0.3, 0.4) is 0 Å². The van der Waals surface area contributed by atoms with Crippen molar-refractivity contribution >= 4 is 11.9 Å². The molecule has 1 aliphatic rings. The Bertz CT molecular complexity index is 886. The van der Waals surface area contributed by atoms with E-state index in [0.29, 0.717) is 45.4 Å². The fourth-order valence-corrected chi connectivity index (χ4v) is 3.41. The minimum atomic E-state index is -0.509. The number of amides is 1. The van der Waals surface area contributed by atoms with E-state index < -0.39 is 17.6 Å². The SMILES string of the molecule is CCNC(=NCc1cc(F)ccc1F)NCC(C(=O)N1CCOCC1)c1ccccc1. The maximum absolute atomic E-state index is 13.9. The number of rotatable bonds is 7. The summed E-state index contributed by atoms with van der Waals surface area (Å²) in [4.78, 5) is 19.4. The molecule has 1 unspecified atom stereocenters. The van der Waals surface area contributed by atoms with Gasteiger partial charge >= 0.3 is 0 Å². The van der Waals surface area contributed by atoms with Crippen LogP contribution in [0.4, 0.5) is 8.78 Å². The molecule has 0 spiro atoms. The van der Waals surface area contributed by atoms with Crippen LogP contribution >= 0.6 is 0 Å². The molecule has 1 saturated heterocycles. The third kappa shape index (κ3) is 6.49. The van der Waals surface area contributed by atoms with E-state index in [1.165, 1.54) is 0 Å². The van der Waals surface area contributed by atoms with E-state index in [1.54, 1.807) is 0 Å². The largest absolute Gasteiger partial charge is 0.378 e. The summed E-state index contributed by atoms with van der Waals surface area (Å²) in [5, 5.41) is 6.28. The van der Waals surface area contributed by atoms with Gasteiger partial charge < -0.3 is 20.3 Å². The van der Waals surface area contributed by atoms with Gasteiger partial charge in [-0.1, -0.05) is 30.3 Å². The van der Waals surface area contributed by atoms with Gasteiger partial charge in [0, 0.05) is 31.7 Å². The Morgan fingerprint density at radius 1 is 1.13 bits per heavy atom. The third-order valence-electron chi connectivity index (χ3n) is 5.06. The monoisotopic (exact) mass is 430 g/mol. The van der Waals surface area contributed by atoms with Crippen LogP contribution in [0.25, 0.3) is 0 Å². The predicted molar refractivity (Wildman–Crippen MR) is 116 cm³/mol. The summed E-state index contributed by atoms with van der Waals surface area (Å²) in [6.45, 7) is 4.99. The van der Waals surface area contributed by atoms with Crippen molar-refractivity contribution in [2.45, 2.75) is 19.4 Å². The van der Waals surface area contributed by atoms with E-state index >= 15 is 0 Å². The second-order valence-corrected chi connectivity index (χ2v) is 7.21. The zero-order chi connectivity index (χ0) is 22.1. The van der Waals surface area contributed by atoms with Gasteiger partial charge in [0.15, 0.2) is 5.96 Å². The van der Waals surface area contributed by atoms with Crippen molar-refractivity contribution in [1.29, 1.82) is 0 Å². The molecule has 2 aromatic carbocycles. The molecule has 1 atom stereocenters. The van der Waals surface area contributed by atoms with Gasteiger partial charge in [0.1, 0.15) is 11.6 Å². The molecule has 0 radical (unpaired) electrons. The first-order valence-electron chi connectivity index (χ1n) is 10.5. The van der Waals surface area contributed by atoms with Crippen LogP contribution < -0.4 is 10.6 Å². The molecule has 31 heavy (non-hydrogen) atoms.